The van der Waals surface area contributed by atoms with E-state index in [2.05, 4.69) is 133 Å². The highest BCUT2D eigenvalue weighted by Gasteiger charge is 2.12. The molecule has 0 heteroatoms. The van der Waals surface area contributed by atoms with Gasteiger partial charge in [0.25, 0.3) is 0 Å². The van der Waals surface area contributed by atoms with Gasteiger partial charge in [-0.25, -0.2) is 0 Å². The van der Waals surface area contributed by atoms with E-state index in [0.717, 1.165) is 0 Å². The molecular weight excluding hydrogens is 408 g/mol. The van der Waals surface area contributed by atoms with E-state index in [-0.39, 0.29) is 0 Å². The molecule has 0 heterocycles. The average molecular weight is 431 g/mol. The first-order valence-electron chi connectivity index (χ1n) is 11.8. The van der Waals surface area contributed by atoms with Crippen LogP contribution in [-0.4, -0.2) is 0 Å². The van der Waals surface area contributed by atoms with Crippen molar-refractivity contribution in [1.29, 1.82) is 0 Å². The molecule has 0 aromatic heterocycles. The minimum atomic E-state index is 1.27. The van der Waals surface area contributed by atoms with Crippen molar-refractivity contribution in [2.75, 3.05) is 0 Å². The summed E-state index contributed by atoms with van der Waals surface area (Å²) in [4.78, 5) is 0. The van der Waals surface area contributed by atoms with Gasteiger partial charge < -0.3 is 0 Å². The Balaban J connectivity index is 1.52. The molecule has 0 aliphatic carbocycles. The predicted molar refractivity (Wildman–Crippen MR) is 147 cm³/mol. The largest absolute Gasteiger partial charge is 0.0616 e. The second kappa shape index (κ2) is 7.57. The Morgan fingerprint density at radius 3 is 1.00 bits per heavy atom. The maximum Gasteiger partial charge on any atom is -0.00988 e. The molecule has 0 saturated heterocycles. The highest BCUT2D eigenvalue weighted by Crippen LogP contribution is 2.39. The van der Waals surface area contributed by atoms with Crippen LogP contribution < -0.4 is 0 Å². The second-order valence-electron chi connectivity index (χ2n) is 8.96. The molecule has 7 aromatic rings. The first kappa shape index (κ1) is 19.1. The van der Waals surface area contributed by atoms with Crippen LogP contribution in [0.15, 0.2) is 133 Å². The number of hydrogen-bond acceptors (Lipinski definition) is 0. The molecule has 0 nitrogen and oxygen atoms in total. The van der Waals surface area contributed by atoms with Gasteiger partial charge in [0, 0.05) is 0 Å². The Bertz CT molecular complexity index is 1710. The van der Waals surface area contributed by atoms with E-state index in [0.29, 0.717) is 0 Å². The third-order valence-electron chi connectivity index (χ3n) is 7.04. The van der Waals surface area contributed by atoms with Crippen molar-refractivity contribution in [2.24, 2.45) is 0 Å². The summed E-state index contributed by atoms with van der Waals surface area (Å²) in [6.45, 7) is 0. The molecular formula is C34H22. The standard InChI is InChI=1S/C34H22/c1-3-15-27-23(9-1)11-5-17-29(27)31-19-7-13-25-22-34-26(21-33(25)31)14-8-20-32(34)30-18-6-12-24-10-2-4-16-28(24)30/h1-22H. The van der Waals surface area contributed by atoms with Crippen LogP contribution in [0.3, 0.4) is 0 Å². The van der Waals surface area contributed by atoms with Crippen molar-refractivity contribution in [2.45, 2.75) is 0 Å². The third-order valence-corrected chi connectivity index (χ3v) is 7.04. The molecule has 0 aliphatic rings. The van der Waals surface area contributed by atoms with Gasteiger partial charge in [-0.15, -0.1) is 0 Å². The third kappa shape index (κ3) is 2.93. The van der Waals surface area contributed by atoms with Crippen molar-refractivity contribution in [1.82, 2.24) is 0 Å². The lowest BCUT2D eigenvalue weighted by Crippen LogP contribution is -1.87. The van der Waals surface area contributed by atoms with Crippen LogP contribution >= 0.6 is 0 Å². The molecule has 0 bridgehead atoms. The summed E-state index contributed by atoms with van der Waals surface area (Å²) in [6, 6.07) is 48.6. The molecule has 0 amide bonds. The van der Waals surface area contributed by atoms with E-state index in [1.54, 1.807) is 0 Å². The molecule has 0 N–H and O–H groups in total. The molecule has 0 aliphatic heterocycles. The van der Waals surface area contributed by atoms with Gasteiger partial charge in [-0.3, -0.25) is 0 Å². The summed E-state index contributed by atoms with van der Waals surface area (Å²) in [5.41, 5.74) is 5.14. The van der Waals surface area contributed by atoms with Gasteiger partial charge in [0.2, 0.25) is 0 Å². The fourth-order valence-corrected chi connectivity index (χ4v) is 5.44. The van der Waals surface area contributed by atoms with Crippen LogP contribution in [0, 0.1) is 0 Å². The zero-order valence-electron chi connectivity index (χ0n) is 18.7. The van der Waals surface area contributed by atoms with E-state index < -0.39 is 0 Å². The lowest BCUT2D eigenvalue weighted by molar-refractivity contribution is 1.68. The fraction of sp³-hybridized carbons (Fsp3) is 0. The molecule has 0 radical (unpaired) electrons. The van der Waals surface area contributed by atoms with E-state index in [1.165, 1.54) is 65.3 Å². The van der Waals surface area contributed by atoms with Crippen LogP contribution in [0.4, 0.5) is 0 Å². The van der Waals surface area contributed by atoms with Gasteiger partial charge in [-0.1, -0.05) is 121 Å². The summed E-state index contributed by atoms with van der Waals surface area (Å²) in [6.07, 6.45) is 0. The molecule has 0 fully saturated rings. The topological polar surface area (TPSA) is 0 Å². The van der Waals surface area contributed by atoms with E-state index in [9.17, 15) is 0 Å². The summed E-state index contributed by atoms with van der Waals surface area (Å²) in [7, 11) is 0. The second-order valence-corrected chi connectivity index (χ2v) is 8.96. The number of rotatable bonds is 2. The van der Waals surface area contributed by atoms with Crippen LogP contribution in [0.1, 0.15) is 0 Å². The minimum absolute atomic E-state index is 1.27. The van der Waals surface area contributed by atoms with Gasteiger partial charge in [0.15, 0.2) is 0 Å². The molecule has 7 rings (SSSR count). The molecule has 0 atom stereocenters. The lowest BCUT2D eigenvalue weighted by atomic mass is 9.90. The summed E-state index contributed by atoms with van der Waals surface area (Å²) in [5, 5.41) is 10.3. The zero-order valence-corrected chi connectivity index (χ0v) is 18.7. The predicted octanol–water partition coefficient (Wildman–Crippen LogP) is 9.63. The first-order valence-corrected chi connectivity index (χ1v) is 11.8. The average Bonchev–Trinajstić information content (AvgIpc) is 2.91. The van der Waals surface area contributed by atoms with Crippen molar-refractivity contribution in [3.8, 4) is 22.3 Å². The van der Waals surface area contributed by atoms with E-state index in [1.807, 2.05) is 0 Å². The maximum atomic E-state index is 2.37. The van der Waals surface area contributed by atoms with Crippen molar-refractivity contribution in [3.63, 3.8) is 0 Å². The lowest BCUT2D eigenvalue weighted by Gasteiger charge is -2.14. The Morgan fingerprint density at radius 1 is 0.235 bits per heavy atom. The van der Waals surface area contributed by atoms with Gasteiger partial charge in [0.05, 0.1) is 0 Å². The van der Waals surface area contributed by atoms with Crippen molar-refractivity contribution < 1.29 is 0 Å². The number of hydrogen-bond donors (Lipinski definition) is 0. The van der Waals surface area contributed by atoms with Gasteiger partial charge in [-0.2, -0.15) is 0 Å². The summed E-state index contributed by atoms with van der Waals surface area (Å²) < 4.78 is 0. The highest BCUT2D eigenvalue weighted by molar-refractivity contribution is 6.13. The van der Waals surface area contributed by atoms with Crippen LogP contribution in [0.5, 0.6) is 0 Å². The molecule has 0 spiro atoms. The molecule has 0 saturated carbocycles. The van der Waals surface area contributed by atoms with Crippen LogP contribution in [-0.2, 0) is 0 Å². The molecule has 7 aromatic carbocycles. The van der Waals surface area contributed by atoms with E-state index >= 15 is 0 Å². The Labute approximate surface area is 198 Å². The Hall–Kier alpha value is -4.42. The SMILES string of the molecule is c1ccc2c(-c3cccc4cc5c(-c6cccc7ccccc67)cccc5cc34)cccc2c1. The smallest absolute Gasteiger partial charge is 0.00988 e. The highest BCUT2D eigenvalue weighted by atomic mass is 14.2. The molecule has 34 heavy (non-hydrogen) atoms. The number of benzene rings is 7. The minimum Gasteiger partial charge on any atom is -0.0616 e. The zero-order chi connectivity index (χ0) is 22.5. The fourth-order valence-electron chi connectivity index (χ4n) is 5.44. The van der Waals surface area contributed by atoms with Crippen molar-refractivity contribution >= 4 is 43.1 Å². The normalized spacial score (nSPS) is 11.5. The van der Waals surface area contributed by atoms with Crippen LogP contribution in [0.2, 0.25) is 0 Å². The summed E-state index contributed by atoms with van der Waals surface area (Å²) in [5.74, 6) is 0. The summed E-state index contributed by atoms with van der Waals surface area (Å²) >= 11 is 0. The molecule has 158 valence electrons. The maximum absolute atomic E-state index is 2.37. The van der Waals surface area contributed by atoms with E-state index in [4.69, 9.17) is 0 Å². The van der Waals surface area contributed by atoms with Crippen LogP contribution in [0.25, 0.3) is 65.3 Å². The quantitative estimate of drug-likeness (QED) is 0.239. The van der Waals surface area contributed by atoms with Gasteiger partial charge in [0.1, 0.15) is 0 Å². The van der Waals surface area contributed by atoms with Gasteiger partial charge in [-0.05, 0) is 77.5 Å². The molecule has 0 unspecified atom stereocenters. The Kier molecular flexibility index (Phi) is 4.25. The number of fused-ring (bicyclic) bond motifs is 4. The van der Waals surface area contributed by atoms with Gasteiger partial charge >= 0.3 is 0 Å². The first-order chi connectivity index (χ1) is 16.9. The van der Waals surface area contributed by atoms with Crippen molar-refractivity contribution in [3.05, 3.63) is 133 Å². The monoisotopic (exact) mass is 430 g/mol. The Morgan fingerprint density at radius 2 is 0.559 bits per heavy atom.